The normalized spacial score (nSPS) is 22.6. The van der Waals surface area contributed by atoms with Gasteiger partial charge in [-0.1, -0.05) is 28.1 Å². The van der Waals surface area contributed by atoms with Crippen LogP contribution in [0.5, 0.6) is 0 Å². The van der Waals surface area contributed by atoms with Crippen molar-refractivity contribution < 1.29 is 13.2 Å². The van der Waals surface area contributed by atoms with Crippen LogP contribution in [0.2, 0.25) is 0 Å². The standard InChI is InChI=1S/C14H19BrO3S/c1-14(2)9-13(10-18-14)19(16,17)7-6-11-4-3-5-12(15)8-11/h3-5,8,13H,6-7,9-10H2,1-2H3. The van der Waals surface area contributed by atoms with Gasteiger partial charge in [0.1, 0.15) is 0 Å². The molecule has 106 valence electrons. The molecule has 0 aromatic heterocycles. The molecule has 0 amide bonds. The first-order valence-corrected chi connectivity index (χ1v) is 8.89. The van der Waals surface area contributed by atoms with Gasteiger partial charge in [0.25, 0.3) is 0 Å². The summed E-state index contributed by atoms with van der Waals surface area (Å²) in [5.74, 6) is 0.188. The minimum atomic E-state index is -3.08. The minimum Gasteiger partial charge on any atom is -0.374 e. The largest absolute Gasteiger partial charge is 0.374 e. The Balaban J connectivity index is 1.99. The van der Waals surface area contributed by atoms with E-state index in [-0.39, 0.29) is 16.6 Å². The van der Waals surface area contributed by atoms with Crippen LogP contribution >= 0.6 is 15.9 Å². The Morgan fingerprint density at radius 1 is 1.42 bits per heavy atom. The highest BCUT2D eigenvalue weighted by Crippen LogP contribution is 2.29. The quantitative estimate of drug-likeness (QED) is 0.841. The maximum absolute atomic E-state index is 12.3. The number of sulfone groups is 1. The zero-order valence-electron chi connectivity index (χ0n) is 11.2. The summed E-state index contributed by atoms with van der Waals surface area (Å²) in [6, 6.07) is 7.78. The van der Waals surface area contributed by atoms with E-state index in [1.54, 1.807) is 0 Å². The molecule has 1 unspecified atom stereocenters. The Morgan fingerprint density at radius 2 is 2.16 bits per heavy atom. The van der Waals surface area contributed by atoms with E-state index in [1.165, 1.54) is 0 Å². The van der Waals surface area contributed by atoms with Crippen molar-refractivity contribution in [3.63, 3.8) is 0 Å². The fraction of sp³-hybridized carbons (Fsp3) is 0.571. The lowest BCUT2D eigenvalue weighted by molar-refractivity contribution is 0.0368. The summed E-state index contributed by atoms with van der Waals surface area (Å²) in [5, 5.41) is -0.352. The van der Waals surface area contributed by atoms with E-state index in [0.717, 1.165) is 10.0 Å². The second-order valence-electron chi connectivity index (χ2n) is 5.64. The first-order chi connectivity index (χ1) is 8.78. The molecule has 3 nitrogen and oxygen atoms in total. The molecule has 5 heteroatoms. The number of ether oxygens (including phenoxy) is 1. The molecule has 1 heterocycles. The predicted molar refractivity (Wildman–Crippen MR) is 80.1 cm³/mol. The second kappa shape index (κ2) is 5.54. The van der Waals surface area contributed by atoms with Crippen LogP contribution in [0.25, 0.3) is 0 Å². The molecule has 1 saturated heterocycles. The average Bonchev–Trinajstić information content (AvgIpc) is 2.68. The molecule has 1 atom stereocenters. The zero-order chi connectivity index (χ0) is 14.1. The fourth-order valence-electron chi connectivity index (χ4n) is 2.33. The van der Waals surface area contributed by atoms with Crippen LogP contribution in [-0.2, 0) is 21.0 Å². The van der Waals surface area contributed by atoms with Gasteiger partial charge in [-0.2, -0.15) is 0 Å². The lowest BCUT2D eigenvalue weighted by Gasteiger charge is -2.15. The molecule has 1 aliphatic rings. The van der Waals surface area contributed by atoms with Crippen molar-refractivity contribution in [1.82, 2.24) is 0 Å². The molecule has 0 saturated carbocycles. The highest BCUT2D eigenvalue weighted by atomic mass is 79.9. The lowest BCUT2D eigenvalue weighted by atomic mass is 10.1. The van der Waals surface area contributed by atoms with E-state index in [4.69, 9.17) is 4.74 Å². The van der Waals surface area contributed by atoms with Crippen molar-refractivity contribution in [2.45, 2.75) is 37.5 Å². The van der Waals surface area contributed by atoms with Crippen LogP contribution in [0.15, 0.2) is 28.7 Å². The van der Waals surface area contributed by atoms with E-state index in [0.29, 0.717) is 19.4 Å². The van der Waals surface area contributed by atoms with Crippen molar-refractivity contribution in [2.24, 2.45) is 0 Å². The first kappa shape index (κ1) is 15.0. The van der Waals surface area contributed by atoms with Gasteiger partial charge in [0.15, 0.2) is 9.84 Å². The van der Waals surface area contributed by atoms with Gasteiger partial charge in [0.2, 0.25) is 0 Å². The van der Waals surface area contributed by atoms with Gasteiger partial charge >= 0.3 is 0 Å². The highest BCUT2D eigenvalue weighted by Gasteiger charge is 2.39. The third-order valence-corrected chi connectivity index (χ3v) is 6.04. The molecule has 0 radical (unpaired) electrons. The summed E-state index contributed by atoms with van der Waals surface area (Å²) in [5.41, 5.74) is 0.726. The van der Waals surface area contributed by atoms with Gasteiger partial charge in [-0.3, -0.25) is 0 Å². The average molecular weight is 347 g/mol. The van der Waals surface area contributed by atoms with Crippen molar-refractivity contribution in [3.05, 3.63) is 34.3 Å². The number of halogens is 1. The van der Waals surface area contributed by atoms with Crippen molar-refractivity contribution in [1.29, 1.82) is 0 Å². The van der Waals surface area contributed by atoms with Crippen molar-refractivity contribution >= 4 is 25.8 Å². The molecule has 0 N–H and O–H groups in total. The Hall–Kier alpha value is -0.390. The predicted octanol–water partition coefficient (Wildman–Crippen LogP) is 2.97. The smallest absolute Gasteiger partial charge is 0.155 e. The van der Waals surface area contributed by atoms with Crippen LogP contribution in [-0.4, -0.2) is 31.6 Å². The van der Waals surface area contributed by atoms with E-state index in [2.05, 4.69) is 15.9 Å². The Kier molecular flexibility index (Phi) is 4.38. The van der Waals surface area contributed by atoms with Gasteiger partial charge in [0.05, 0.1) is 23.2 Å². The molecule has 1 aromatic carbocycles. The third-order valence-electron chi connectivity index (χ3n) is 3.45. The SMILES string of the molecule is CC1(C)CC(S(=O)(=O)CCc2cccc(Br)c2)CO1. The minimum absolute atomic E-state index is 0.188. The summed E-state index contributed by atoms with van der Waals surface area (Å²) >= 11 is 3.39. The van der Waals surface area contributed by atoms with Crippen LogP contribution < -0.4 is 0 Å². The van der Waals surface area contributed by atoms with Crippen LogP contribution in [0.1, 0.15) is 25.8 Å². The maximum Gasteiger partial charge on any atom is 0.155 e. The van der Waals surface area contributed by atoms with Gasteiger partial charge in [-0.25, -0.2) is 8.42 Å². The molecule has 0 aliphatic carbocycles. The lowest BCUT2D eigenvalue weighted by Crippen LogP contribution is -2.26. The van der Waals surface area contributed by atoms with Crippen molar-refractivity contribution in [3.8, 4) is 0 Å². The monoisotopic (exact) mass is 346 g/mol. The molecule has 1 aliphatic heterocycles. The first-order valence-electron chi connectivity index (χ1n) is 6.38. The van der Waals surface area contributed by atoms with E-state index in [1.807, 2.05) is 38.1 Å². The number of hydrogen-bond acceptors (Lipinski definition) is 3. The zero-order valence-corrected chi connectivity index (χ0v) is 13.6. The molecule has 19 heavy (non-hydrogen) atoms. The van der Waals surface area contributed by atoms with E-state index in [9.17, 15) is 8.42 Å². The highest BCUT2D eigenvalue weighted by molar-refractivity contribution is 9.10. The summed E-state index contributed by atoms with van der Waals surface area (Å²) in [7, 11) is -3.08. The molecule has 1 aromatic rings. The van der Waals surface area contributed by atoms with Crippen LogP contribution in [0.4, 0.5) is 0 Å². The van der Waals surface area contributed by atoms with E-state index >= 15 is 0 Å². The Labute approximate surface area is 123 Å². The summed E-state index contributed by atoms with van der Waals surface area (Å²) in [6.45, 7) is 4.21. The van der Waals surface area contributed by atoms with Crippen LogP contribution in [0, 0.1) is 0 Å². The summed E-state index contributed by atoms with van der Waals surface area (Å²) in [4.78, 5) is 0. The maximum atomic E-state index is 12.3. The molecule has 1 fully saturated rings. The number of aryl methyl sites for hydroxylation is 1. The Morgan fingerprint density at radius 3 is 2.74 bits per heavy atom. The Bertz CT molecular complexity index is 552. The van der Waals surface area contributed by atoms with Gasteiger partial charge in [0, 0.05) is 4.47 Å². The van der Waals surface area contributed by atoms with Crippen molar-refractivity contribution in [2.75, 3.05) is 12.4 Å². The fourth-order valence-corrected chi connectivity index (χ4v) is 4.57. The molecule has 0 bridgehead atoms. The van der Waals surface area contributed by atoms with Gasteiger partial charge in [-0.15, -0.1) is 0 Å². The molecular formula is C14H19BrO3S. The summed E-state index contributed by atoms with van der Waals surface area (Å²) in [6.07, 6.45) is 1.15. The molecule has 2 rings (SSSR count). The third kappa shape index (κ3) is 4.04. The number of rotatable bonds is 4. The topological polar surface area (TPSA) is 43.4 Å². The van der Waals surface area contributed by atoms with Gasteiger partial charge in [-0.05, 0) is 44.4 Å². The van der Waals surface area contributed by atoms with E-state index < -0.39 is 9.84 Å². The number of benzene rings is 1. The number of hydrogen-bond donors (Lipinski definition) is 0. The van der Waals surface area contributed by atoms with Crippen LogP contribution in [0.3, 0.4) is 0 Å². The molecule has 0 spiro atoms. The van der Waals surface area contributed by atoms with Gasteiger partial charge < -0.3 is 4.74 Å². The summed E-state index contributed by atoms with van der Waals surface area (Å²) < 4.78 is 31.1. The second-order valence-corrected chi connectivity index (χ2v) is 8.96. The molecular weight excluding hydrogens is 328 g/mol.